The Kier molecular flexibility index (Phi) is 4.72. The molecule has 0 bridgehead atoms. The van der Waals surface area contributed by atoms with Crippen molar-refractivity contribution in [2.75, 3.05) is 51.2 Å². The summed E-state index contributed by atoms with van der Waals surface area (Å²) < 4.78 is 1.97. The number of carbonyl (C=O) groups is 1. The number of likely N-dealkylation sites (N-methyl/N-ethyl adjacent to an activating group) is 1. The first-order valence-corrected chi connectivity index (χ1v) is 9.71. The van der Waals surface area contributed by atoms with Crippen LogP contribution in [0.4, 0.5) is 5.13 Å². The van der Waals surface area contributed by atoms with E-state index in [0.717, 1.165) is 62.4 Å². The summed E-state index contributed by atoms with van der Waals surface area (Å²) in [5.74, 6) is 0.393. The third kappa shape index (κ3) is 3.55. The van der Waals surface area contributed by atoms with Gasteiger partial charge in [-0.1, -0.05) is 11.3 Å². The van der Waals surface area contributed by atoms with Gasteiger partial charge >= 0.3 is 0 Å². The van der Waals surface area contributed by atoms with Crippen LogP contribution in [0, 0.1) is 5.92 Å². The first-order valence-electron chi connectivity index (χ1n) is 8.90. The predicted octanol–water partition coefficient (Wildman–Crippen LogP) is 1.32. The van der Waals surface area contributed by atoms with Gasteiger partial charge in [-0.05, 0) is 32.0 Å². The molecule has 0 spiro atoms. The Morgan fingerprint density at radius 3 is 2.56 bits per heavy atom. The molecular formula is C17H24N6OS. The molecule has 0 saturated carbocycles. The zero-order chi connectivity index (χ0) is 17.2. The second-order valence-electron chi connectivity index (χ2n) is 6.87. The minimum absolute atomic E-state index is 0.0797. The summed E-state index contributed by atoms with van der Waals surface area (Å²) >= 11 is 1.58. The van der Waals surface area contributed by atoms with Gasteiger partial charge in [0, 0.05) is 51.7 Å². The smallest absolute Gasteiger partial charge is 0.227 e. The van der Waals surface area contributed by atoms with E-state index in [1.807, 2.05) is 34.0 Å². The predicted molar refractivity (Wildman–Crippen MR) is 98.3 cm³/mol. The molecule has 1 amide bonds. The number of carbonyl (C=O) groups excluding carboxylic acids is 1. The number of rotatable bonds is 3. The Morgan fingerprint density at radius 1 is 1.08 bits per heavy atom. The fourth-order valence-electron chi connectivity index (χ4n) is 3.54. The Hall–Kier alpha value is -1.93. The molecule has 134 valence electrons. The Bertz CT molecular complexity index is 707. The maximum Gasteiger partial charge on any atom is 0.227 e. The van der Waals surface area contributed by atoms with Crippen LogP contribution in [0.15, 0.2) is 24.5 Å². The van der Waals surface area contributed by atoms with Crippen LogP contribution in [-0.2, 0) is 4.79 Å². The number of piperazine rings is 1. The van der Waals surface area contributed by atoms with Gasteiger partial charge in [0.2, 0.25) is 16.2 Å². The maximum absolute atomic E-state index is 12.9. The van der Waals surface area contributed by atoms with Crippen LogP contribution in [0.1, 0.15) is 12.8 Å². The molecule has 2 saturated heterocycles. The van der Waals surface area contributed by atoms with Gasteiger partial charge in [-0.3, -0.25) is 9.36 Å². The summed E-state index contributed by atoms with van der Waals surface area (Å²) in [7, 11) is 2.11. The normalized spacial score (nSPS) is 22.4. The van der Waals surface area contributed by atoms with Crippen molar-refractivity contribution in [2.24, 2.45) is 5.92 Å². The lowest BCUT2D eigenvalue weighted by Gasteiger charge is -2.37. The van der Waals surface area contributed by atoms with Crippen LogP contribution >= 0.6 is 11.3 Å². The lowest BCUT2D eigenvalue weighted by molar-refractivity contribution is -0.137. The van der Waals surface area contributed by atoms with Gasteiger partial charge in [-0.25, -0.2) is 0 Å². The third-order valence-electron chi connectivity index (χ3n) is 5.09. The number of nitrogens with zero attached hydrogens (tertiary/aromatic N) is 6. The number of piperidine rings is 1. The molecule has 25 heavy (non-hydrogen) atoms. The summed E-state index contributed by atoms with van der Waals surface area (Å²) in [5, 5.41) is 10.4. The SMILES string of the molecule is CN1CCN(C(=O)C2CCCN(c3nnc(-n4cccc4)s3)C2)CC1. The van der Waals surface area contributed by atoms with Crippen LogP contribution in [-0.4, -0.2) is 76.8 Å². The first-order chi connectivity index (χ1) is 12.2. The van der Waals surface area contributed by atoms with Crippen molar-refractivity contribution < 1.29 is 4.79 Å². The maximum atomic E-state index is 12.9. The molecule has 2 fully saturated rings. The number of amides is 1. The van der Waals surface area contributed by atoms with Gasteiger partial charge < -0.3 is 14.7 Å². The van der Waals surface area contributed by atoms with Crippen molar-refractivity contribution in [3.8, 4) is 5.13 Å². The minimum Gasteiger partial charge on any atom is -0.346 e. The Morgan fingerprint density at radius 2 is 1.80 bits per heavy atom. The van der Waals surface area contributed by atoms with Crippen LogP contribution in [0.2, 0.25) is 0 Å². The van der Waals surface area contributed by atoms with Crippen molar-refractivity contribution in [3.05, 3.63) is 24.5 Å². The molecule has 8 heteroatoms. The zero-order valence-electron chi connectivity index (χ0n) is 14.5. The number of hydrogen-bond donors (Lipinski definition) is 0. The van der Waals surface area contributed by atoms with E-state index in [2.05, 4.69) is 27.0 Å². The molecule has 2 aromatic heterocycles. The summed E-state index contributed by atoms with van der Waals surface area (Å²) in [6.45, 7) is 5.35. The van der Waals surface area contributed by atoms with Crippen LogP contribution in [0.25, 0.3) is 5.13 Å². The van der Waals surface area contributed by atoms with Gasteiger partial charge in [0.15, 0.2) is 0 Å². The van der Waals surface area contributed by atoms with Crippen molar-refractivity contribution in [1.82, 2.24) is 24.6 Å². The molecule has 0 radical (unpaired) electrons. The van der Waals surface area contributed by atoms with Crippen LogP contribution < -0.4 is 4.90 Å². The van der Waals surface area contributed by atoms with E-state index in [9.17, 15) is 4.79 Å². The molecule has 7 nitrogen and oxygen atoms in total. The molecular weight excluding hydrogens is 336 g/mol. The van der Waals surface area contributed by atoms with E-state index in [0.29, 0.717) is 5.91 Å². The van der Waals surface area contributed by atoms with Crippen molar-refractivity contribution in [3.63, 3.8) is 0 Å². The van der Waals surface area contributed by atoms with Crippen LogP contribution in [0.3, 0.4) is 0 Å². The van der Waals surface area contributed by atoms with E-state index in [-0.39, 0.29) is 5.92 Å². The first kappa shape index (κ1) is 16.5. The Balaban J connectivity index is 1.42. The van der Waals surface area contributed by atoms with Gasteiger partial charge in [0.1, 0.15) is 0 Å². The van der Waals surface area contributed by atoms with Crippen LogP contribution in [0.5, 0.6) is 0 Å². The highest BCUT2D eigenvalue weighted by Gasteiger charge is 2.31. The number of anilines is 1. The van der Waals surface area contributed by atoms with Gasteiger partial charge in [-0.15, -0.1) is 10.2 Å². The Labute approximate surface area is 151 Å². The van der Waals surface area contributed by atoms with Crippen molar-refractivity contribution >= 4 is 22.4 Å². The highest BCUT2D eigenvalue weighted by atomic mass is 32.1. The monoisotopic (exact) mass is 360 g/mol. The summed E-state index contributed by atoms with van der Waals surface area (Å²) in [6.07, 6.45) is 5.95. The van der Waals surface area contributed by atoms with Gasteiger partial charge in [0.25, 0.3) is 0 Å². The second kappa shape index (κ2) is 7.13. The lowest BCUT2D eigenvalue weighted by Crippen LogP contribution is -2.51. The highest BCUT2D eigenvalue weighted by molar-refractivity contribution is 7.17. The van der Waals surface area contributed by atoms with Crippen molar-refractivity contribution in [2.45, 2.75) is 12.8 Å². The largest absolute Gasteiger partial charge is 0.346 e. The molecule has 0 N–H and O–H groups in total. The third-order valence-corrected chi connectivity index (χ3v) is 6.08. The minimum atomic E-state index is 0.0797. The quantitative estimate of drug-likeness (QED) is 0.826. The summed E-state index contributed by atoms with van der Waals surface area (Å²) in [5.41, 5.74) is 0. The standard InChI is InChI=1S/C17H24N6OS/c1-20-9-11-21(12-10-20)15(24)14-5-4-8-23(13-14)17-19-18-16(25-17)22-6-2-3-7-22/h2-3,6-7,14H,4-5,8-13H2,1H3. The molecule has 1 atom stereocenters. The number of hydrogen-bond acceptors (Lipinski definition) is 6. The van der Waals surface area contributed by atoms with Crippen molar-refractivity contribution in [1.29, 1.82) is 0 Å². The molecule has 2 aromatic rings. The van der Waals surface area contributed by atoms with Gasteiger partial charge in [0.05, 0.1) is 5.92 Å². The zero-order valence-corrected chi connectivity index (χ0v) is 15.4. The second-order valence-corrected chi connectivity index (χ2v) is 7.81. The fraction of sp³-hybridized carbons (Fsp3) is 0.588. The van der Waals surface area contributed by atoms with E-state index in [1.165, 1.54) is 0 Å². The number of aromatic nitrogens is 3. The topological polar surface area (TPSA) is 57.5 Å². The molecule has 0 aromatic carbocycles. The molecule has 4 heterocycles. The van der Waals surface area contributed by atoms with E-state index in [4.69, 9.17) is 0 Å². The lowest BCUT2D eigenvalue weighted by atomic mass is 9.96. The summed E-state index contributed by atoms with van der Waals surface area (Å²) in [4.78, 5) is 19.4. The molecule has 2 aliphatic rings. The van der Waals surface area contributed by atoms with E-state index in [1.54, 1.807) is 11.3 Å². The molecule has 0 aliphatic carbocycles. The highest BCUT2D eigenvalue weighted by Crippen LogP contribution is 2.28. The molecule has 1 unspecified atom stereocenters. The average Bonchev–Trinajstić information content (AvgIpc) is 3.33. The van der Waals surface area contributed by atoms with Gasteiger partial charge in [-0.2, -0.15) is 0 Å². The molecule has 2 aliphatic heterocycles. The molecule has 4 rings (SSSR count). The summed E-state index contributed by atoms with van der Waals surface area (Å²) in [6, 6.07) is 3.96. The van der Waals surface area contributed by atoms with E-state index >= 15 is 0 Å². The fourth-order valence-corrected chi connectivity index (χ4v) is 4.39. The average molecular weight is 360 g/mol. The van der Waals surface area contributed by atoms with E-state index < -0.39 is 0 Å².